The molecular weight excluding hydrogens is 152 g/mol. The van der Waals surface area contributed by atoms with Gasteiger partial charge >= 0.3 is 0 Å². The molecule has 0 fully saturated rings. The van der Waals surface area contributed by atoms with Gasteiger partial charge in [-0.1, -0.05) is 18.2 Å². The molecule has 0 amide bonds. The van der Waals surface area contributed by atoms with Crippen molar-refractivity contribution < 1.29 is 0 Å². The van der Waals surface area contributed by atoms with E-state index in [1.165, 1.54) is 16.2 Å². The molecule has 1 rings (SSSR count). The Balaban J connectivity index is 2.85. The predicted molar refractivity (Wildman–Crippen MR) is 44.0 cm³/mol. The van der Waals surface area contributed by atoms with Gasteiger partial charge in [-0.3, -0.25) is 0 Å². The Morgan fingerprint density at radius 2 is 1.89 bits per heavy atom. The molecule has 0 spiro atoms. The van der Waals surface area contributed by atoms with E-state index in [9.17, 15) is 0 Å². The molecule has 0 nitrogen and oxygen atoms in total. The van der Waals surface area contributed by atoms with E-state index in [4.69, 9.17) is 11.6 Å². The predicted octanol–water partition coefficient (Wildman–Crippen LogP) is 2.13. The molecule has 0 saturated carbocycles. The topological polar surface area (TPSA) is 0 Å². The summed E-state index contributed by atoms with van der Waals surface area (Å²) in [7, 11) is 0. The van der Waals surface area contributed by atoms with E-state index in [1.807, 2.05) is 30.3 Å². The standard InChI is InChI=1S/C7H6ClS/c8-6-9-7-4-2-1-3-5-7/h1-6H/q+1. The average Bonchev–Trinajstić information content (AvgIpc) is 1.91. The summed E-state index contributed by atoms with van der Waals surface area (Å²) in [6, 6.07) is 10.00. The molecule has 0 bridgehead atoms. The van der Waals surface area contributed by atoms with Crippen LogP contribution in [-0.4, -0.2) is 4.83 Å². The Labute approximate surface area is 63.4 Å². The van der Waals surface area contributed by atoms with Crippen LogP contribution in [0.2, 0.25) is 0 Å². The summed E-state index contributed by atoms with van der Waals surface area (Å²) >= 11 is 6.89. The molecular formula is C7H6ClS+. The number of halogens is 1. The van der Waals surface area contributed by atoms with Crippen LogP contribution in [0.25, 0.3) is 0 Å². The summed E-state index contributed by atoms with van der Waals surface area (Å²) in [5.74, 6) is 0. The first-order valence-electron chi connectivity index (χ1n) is 2.57. The fourth-order valence-corrected chi connectivity index (χ4v) is 1.28. The molecule has 0 heterocycles. The second-order valence-corrected chi connectivity index (χ2v) is 2.94. The minimum absolute atomic E-state index is 1.17. The highest BCUT2D eigenvalue weighted by Gasteiger charge is 1.94. The molecule has 46 valence electrons. The minimum atomic E-state index is 1.17. The summed E-state index contributed by atoms with van der Waals surface area (Å²) in [5, 5.41) is 0. The zero-order valence-electron chi connectivity index (χ0n) is 4.75. The Kier molecular flexibility index (Phi) is 2.68. The molecule has 0 saturated heterocycles. The molecule has 0 N–H and O–H groups in total. The van der Waals surface area contributed by atoms with Crippen molar-refractivity contribution in [1.29, 1.82) is 0 Å². The second kappa shape index (κ2) is 3.59. The van der Waals surface area contributed by atoms with Crippen molar-refractivity contribution in [3.05, 3.63) is 30.3 Å². The highest BCUT2D eigenvalue weighted by atomic mass is 35.5. The fourth-order valence-electron chi connectivity index (χ4n) is 0.550. The first kappa shape index (κ1) is 6.72. The van der Waals surface area contributed by atoms with E-state index < -0.39 is 0 Å². The van der Waals surface area contributed by atoms with Crippen molar-refractivity contribution in [2.45, 2.75) is 4.90 Å². The lowest BCUT2D eigenvalue weighted by atomic mass is 10.4. The monoisotopic (exact) mass is 157 g/mol. The van der Waals surface area contributed by atoms with Gasteiger partial charge in [0.2, 0.25) is 16.2 Å². The zero-order valence-corrected chi connectivity index (χ0v) is 6.32. The van der Waals surface area contributed by atoms with Crippen molar-refractivity contribution >= 4 is 27.8 Å². The van der Waals surface area contributed by atoms with Crippen molar-refractivity contribution in [2.24, 2.45) is 0 Å². The molecule has 0 atom stereocenters. The third-order valence-electron chi connectivity index (χ3n) is 0.924. The first-order chi connectivity index (χ1) is 4.43. The third-order valence-corrected chi connectivity index (χ3v) is 1.82. The van der Waals surface area contributed by atoms with Gasteiger partial charge in [0.15, 0.2) is 0 Å². The van der Waals surface area contributed by atoms with Crippen LogP contribution >= 0.6 is 11.6 Å². The molecule has 0 aliphatic heterocycles. The molecule has 0 radical (unpaired) electrons. The maximum Gasteiger partial charge on any atom is 0.262 e. The molecule has 1 aromatic carbocycles. The normalized spacial score (nSPS) is 10.3. The van der Waals surface area contributed by atoms with Crippen LogP contribution in [0.3, 0.4) is 0 Å². The Bertz CT molecular complexity index is 193. The van der Waals surface area contributed by atoms with Gasteiger partial charge in [-0.25, -0.2) is 0 Å². The van der Waals surface area contributed by atoms with Gasteiger partial charge < -0.3 is 0 Å². The molecule has 0 aliphatic rings. The van der Waals surface area contributed by atoms with E-state index in [0.717, 1.165) is 0 Å². The summed E-state index contributed by atoms with van der Waals surface area (Å²) in [6.45, 7) is 0. The van der Waals surface area contributed by atoms with Crippen molar-refractivity contribution in [1.82, 2.24) is 0 Å². The lowest BCUT2D eigenvalue weighted by molar-refractivity contribution is 1.48. The highest BCUT2D eigenvalue weighted by molar-refractivity contribution is 7.79. The molecule has 0 aromatic heterocycles. The first-order valence-corrected chi connectivity index (χ1v) is 3.88. The zero-order chi connectivity index (χ0) is 6.53. The van der Waals surface area contributed by atoms with E-state index in [0.29, 0.717) is 0 Å². The maximum atomic E-state index is 5.37. The number of benzene rings is 1. The van der Waals surface area contributed by atoms with Gasteiger partial charge in [-0.15, -0.1) is 0 Å². The van der Waals surface area contributed by atoms with E-state index >= 15 is 0 Å². The van der Waals surface area contributed by atoms with E-state index in [-0.39, 0.29) is 0 Å². The quantitative estimate of drug-likeness (QED) is 0.333. The Morgan fingerprint density at radius 1 is 1.22 bits per heavy atom. The SMILES string of the molecule is ClC=[S+]c1ccccc1. The average molecular weight is 158 g/mol. The maximum absolute atomic E-state index is 5.37. The van der Waals surface area contributed by atoms with Crippen LogP contribution in [-0.2, 0) is 11.4 Å². The van der Waals surface area contributed by atoms with Crippen LogP contribution in [0.4, 0.5) is 0 Å². The Morgan fingerprint density at radius 3 is 2.44 bits per heavy atom. The van der Waals surface area contributed by atoms with Crippen molar-refractivity contribution in [3.63, 3.8) is 0 Å². The van der Waals surface area contributed by atoms with Crippen LogP contribution in [0.5, 0.6) is 0 Å². The van der Waals surface area contributed by atoms with Gasteiger partial charge in [0.25, 0.3) is 4.83 Å². The van der Waals surface area contributed by atoms with Gasteiger partial charge in [0, 0.05) is 12.1 Å². The van der Waals surface area contributed by atoms with Crippen LogP contribution in [0.1, 0.15) is 0 Å². The largest absolute Gasteiger partial charge is 0.262 e. The molecule has 1 aromatic rings. The van der Waals surface area contributed by atoms with Gasteiger partial charge in [0.1, 0.15) is 0 Å². The van der Waals surface area contributed by atoms with Gasteiger partial charge in [-0.05, 0) is 11.6 Å². The summed E-state index contributed by atoms with van der Waals surface area (Å²) in [4.78, 5) is 2.72. The van der Waals surface area contributed by atoms with Crippen LogP contribution < -0.4 is 0 Å². The van der Waals surface area contributed by atoms with Gasteiger partial charge in [-0.2, -0.15) is 0 Å². The summed E-state index contributed by atoms with van der Waals surface area (Å²) in [5.41, 5.74) is 0. The number of hydrogen-bond donors (Lipinski definition) is 0. The van der Waals surface area contributed by atoms with Crippen molar-refractivity contribution in [3.8, 4) is 0 Å². The second-order valence-electron chi connectivity index (χ2n) is 1.52. The molecule has 9 heavy (non-hydrogen) atoms. The fraction of sp³-hybridized carbons (Fsp3) is 0. The number of hydrogen-bond acceptors (Lipinski definition) is 0. The lowest BCUT2D eigenvalue weighted by Gasteiger charge is -1.74. The van der Waals surface area contributed by atoms with Crippen LogP contribution in [0.15, 0.2) is 35.2 Å². The molecule has 0 aliphatic carbocycles. The molecule has 2 heteroatoms. The van der Waals surface area contributed by atoms with Crippen LogP contribution in [0, 0.1) is 0 Å². The van der Waals surface area contributed by atoms with E-state index in [2.05, 4.69) is 0 Å². The lowest BCUT2D eigenvalue weighted by Crippen LogP contribution is -1.70. The minimum Gasteiger partial charge on any atom is -0.0619 e. The van der Waals surface area contributed by atoms with E-state index in [1.54, 1.807) is 4.83 Å². The Hall–Kier alpha value is -0.400. The van der Waals surface area contributed by atoms with Crippen molar-refractivity contribution in [2.75, 3.05) is 0 Å². The summed E-state index contributed by atoms with van der Waals surface area (Å²) in [6.07, 6.45) is 0. The number of rotatable bonds is 1. The third kappa shape index (κ3) is 2.12. The molecule has 0 unspecified atom stereocenters. The van der Waals surface area contributed by atoms with Gasteiger partial charge in [0.05, 0.1) is 0 Å². The summed E-state index contributed by atoms with van der Waals surface area (Å²) < 4.78 is 0. The smallest absolute Gasteiger partial charge is 0.0619 e. The highest BCUT2D eigenvalue weighted by Crippen LogP contribution is 1.96.